The Balaban J connectivity index is 1.37. The number of imidazole rings is 1. The minimum atomic E-state index is -4.17. The molecule has 1 unspecified atom stereocenters. The number of aromatic amines is 1. The summed E-state index contributed by atoms with van der Waals surface area (Å²) in [6.45, 7) is 8.56. The molecule has 4 N–H and O–H groups in total. The number of aromatic nitrogens is 4. The number of H-pyrrole nitrogens is 1. The smallest absolute Gasteiger partial charge is 0.459 e. The Morgan fingerprint density at radius 2 is 1.87 bits per heavy atom. The number of hydrogen-bond donors (Lipinski definition) is 3. The third kappa shape index (κ3) is 8.08. The van der Waals surface area contributed by atoms with Crippen LogP contribution in [0.3, 0.4) is 0 Å². The van der Waals surface area contributed by atoms with E-state index in [1.54, 1.807) is 35.0 Å². The molecule has 13 heteroatoms. The number of ether oxygens (including phenoxy) is 1. The standard InChI is InChI=1S/C32H38N6O6P/c1-4-22(5-2)19-42-30(40)26(16-23-12-8-6-9-13-23)37-45(41,44-25-14-10-7-11-15-25)43-20-32(3)17-24(32)18-38-21-34-27-28(38)35-31(33)36-29(27)39/h6-15,18,21-22,26H,3-5,16-17,19-20H2,1-2H3,(H,37,41)(H3,33,35,36,39)/b24-18-/t26-,32?,45-/m0/s1. The lowest BCUT2D eigenvalue weighted by Crippen LogP contribution is -2.40. The van der Waals surface area contributed by atoms with Gasteiger partial charge in [-0.15, -0.1) is 0 Å². The zero-order valence-corrected chi connectivity index (χ0v) is 26.2. The molecule has 237 valence electrons. The van der Waals surface area contributed by atoms with Crippen molar-refractivity contribution in [3.05, 3.63) is 95.4 Å². The highest BCUT2D eigenvalue weighted by Crippen LogP contribution is 2.56. The lowest BCUT2D eigenvalue weighted by atomic mass is 10.0. The summed E-state index contributed by atoms with van der Waals surface area (Å²) in [7, 11) is -4.17. The van der Waals surface area contributed by atoms with Crippen LogP contribution in [0.1, 0.15) is 38.7 Å². The molecule has 4 aromatic rings. The Morgan fingerprint density at radius 1 is 1.18 bits per heavy atom. The summed E-state index contributed by atoms with van der Waals surface area (Å²) >= 11 is 0. The molecule has 0 saturated heterocycles. The molecule has 3 atom stereocenters. The predicted molar refractivity (Wildman–Crippen MR) is 172 cm³/mol. The van der Waals surface area contributed by atoms with Crippen LogP contribution in [-0.2, 0) is 25.0 Å². The first-order valence-electron chi connectivity index (χ1n) is 14.9. The highest BCUT2D eigenvalue weighted by atomic mass is 31.2. The molecule has 0 aliphatic heterocycles. The van der Waals surface area contributed by atoms with Crippen LogP contribution in [-0.4, -0.2) is 44.7 Å². The fraction of sp³-hybridized carbons (Fsp3) is 0.344. The van der Waals surface area contributed by atoms with E-state index in [1.165, 1.54) is 6.33 Å². The second kappa shape index (κ2) is 13.8. The highest BCUT2D eigenvalue weighted by Gasteiger charge is 2.47. The SMILES string of the molecule is [CH2]C1(CO[P@@](=O)(N[C@@H](Cc2ccccc2)C(=O)OCC(CC)CC)Oc2ccccc2)C/C1=C/n1cnc2c(=O)[nH]c(N)nc21. The zero-order valence-electron chi connectivity index (χ0n) is 25.3. The van der Waals surface area contributed by atoms with Crippen molar-refractivity contribution >= 4 is 37.0 Å². The van der Waals surface area contributed by atoms with Crippen molar-refractivity contribution in [1.82, 2.24) is 24.6 Å². The number of nitrogens with two attached hydrogens (primary N) is 1. The number of nitrogen functional groups attached to an aromatic ring is 1. The summed E-state index contributed by atoms with van der Waals surface area (Å²) < 4.78 is 33.6. The molecule has 0 spiro atoms. The number of nitrogens with zero attached hydrogens (tertiary/aromatic N) is 3. The van der Waals surface area contributed by atoms with Crippen LogP contribution in [0.25, 0.3) is 17.4 Å². The number of hydrogen-bond acceptors (Lipinski definition) is 9. The number of rotatable bonds is 15. The maximum Gasteiger partial charge on any atom is 0.459 e. The Kier molecular flexibility index (Phi) is 9.86. The third-order valence-corrected chi connectivity index (χ3v) is 9.36. The molecule has 1 aliphatic carbocycles. The van der Waals surface area contributed by atoms with Crippen LogP contribution in [0.4, 0.5) is 5.95 Å². The first-order valence-corrected chi connectivity index (χ1v) is 16.4. The van der Waals surface area contributed by atoms with Crippen molar-refractivity contribution in [2.45, 2.75) is 45.6 Å². The number of nitrogens with one attached hydrogen (secondary N) is 2. The maximum atomic E-state index is 14.4. The van der Waals surface area contributed by atoms with E-state index in [0.29, 0.717) is 17.8 Å². The average Bonchev–Trinajstić information content (AvgIpc) is 3.49. The van der Waals surface area contributed by atoms with Crippen molar-refractivity contribution in [2.24, 2.45) is 11.3 Å². The van der Waals surface area contributed by atoms with Crippen molar-refractivity contribution in [2.75, 3.05) is 18.9 Å². The number of carbonyl (C=O) groups excluding carboxylic acids is 1. The summed E-state index contributed by atoms with van der Waals surface area (Å²) in [6, 6.07) is 17.0. The van der Waals surface area contributed by atoms with Crippen molar-refractivity contribution in [1.29, 1.82) is 0 Å². The van der Waals surface area contributed by atoms with E-state index < -0.39 is 30.7 Å². The van der Waals surface area contributed by atoms with Gasteiger partial charge in [-0.3, -0.25) is 23.7 Å². The predicted octanol–water partition coefficient (Wildman–Crippen LogP) is 5.15. The lowest BCUT2D eigenvalue weighted by Gasteiger charge is -2.26. The van der Waals surface area contributed by atoms with Crippen LogP contribution >= 0.6 is 7.75 Å². The van der Waals surface area contributed by atoms with Crippen LogP contribution in [0, 0.1) is 18.3 Å². The molecular formula is C32H38N6O6P. The molecule has 45 heavy (non-hydrogen) atoms. The van der Waals surface area contributed by atoms with Gasteiger partial charge in [0.2, 0.25) is 5.95 Å². The average molecular weight is 634 g/mol. The van der Waals surface area contributed by atoms with Gasteiger partial charge in [0.1, 0.15) is 18.1 Å². The topological polar surface area (TPSA) is 163 Å². The van der Waals surface area contributed by atoms with Gasteiger partial charge in [0.25, 0.3) is 5.56 Å². The number of para-hydroxylation sites is 1. The maximum absolute atomic E-state index is 14.4. The summed E-state index contributed by atoms with van der Waals surface area (Å²) in [6.07, 6.45) is 5.68. The largest absolute Gasteiger partial charge is 0.464 e. The molecule has 12 nitrogen and oxygen atoms in total. The fourth-order valence-corrected chi connectivity index (χ4v) is 6.39. The number of fused-ring (bicyclic) bond motifs is 1. The van der Waals surface area contributed by atoms with Gasteiger partial charge in [0.15, 0.2) is 11.2 Å². The molecule has 1 aliphatic rings. The lowest BCUT2D eigenvalue weighted by molar-refractivity contribution is -0.147. The third-order valence-electron chi connectivity index (χ3n) is 7.81. The van der Waals surface area contributed by atoms with Gasteiger partial charge in [-0.05, 0) is 49.0 Å². The van der Waals surface area contributed by atoms with E-state index in [1.807, 2.05) is 50.2 Å². The molecule has 0 bridgehead atoms. The fourth-order valence-electron chi connectivity index (χ4n) is 4.82. The quantitative estimate of drug-likeness (QED) is 0.118. The van der Waals surface area contributed by atoms with Gasteiger partial charge in [-0.25, -0.2) is 9.55 Å². The van der Waals surface area contributed by atoms with Gasteiger partial charge in [-0.1, -0.05) is 75.2 Å². The Bertz CT molecular complexity index is 1750. The van der Waals surface area contributed by atoms with E-state index in [-0.39, 0.29) is 37.0 Å². The molecule has 2 heterocycles. The monoisotopic (exact) mass is 633 g/mol. The van der Waals surface area contributed by atoms with Crippen LogP contribution in [0.5, 0.6) is 5.75 Å². The van der Waals surface area contributed by atoms with E-state index in [2.05, 4.69) is 27.0 Å². The van der Waals surface area contributed by atoms with E-state index in [4.69, 9.17) is 19.5 Å². The van der Waals surface area contributed by atoms with Crippen molar-refractivity contribution in [3.63, 3.8) is 0 Å². The van der Waals surface area contributed by atoms with Crippen molar-refractivity contribution < 1.29 is 23.1 Å². The van der Waals surface area contributed by atoms with E-state index >= 15 is 0 Å². The number of anilines is 1. The van der Waals surface area contributed by atoms with Gasteiger partial charge in [-0.2, -0.15) is 10.1 Å². The van der Waals surface area contributed by atoms with Gasteiger partial charge in [0, 0.05) is 11.6 Å². The molecule has 1 fully saturated rings. The summed E-state index contributed by atoms with van der Waals surface area (Å²) in [5, 5.41) is 2.90. The number of esters is 1. The minimum absolute atomic E-state index is 0.0266. The minimum Gasteiger partial charge on any atom is -0.464 e. The summed E-state index contributed by atoms with van der Waals surface area (Å²) in [4.78, 5) is 36.3. The first-order chi connectivity index (χ1) is 21.6. The Hall–Kier alpha value is -4.25. The van der Waals surface area contributed by atoms with E-state index in [0.717, 1.165) is 24.0 Å². The van der Waals surface area contributed by atoms with Crippen LogP contribution in [0.15, 0.2) is 77.4 Å². The summed E-state index contributed by atoms with van der Waals surface area (Å²) in [5.41, 5.74) is 6.68. The molecule has 5 rings (SSSR count). The zero-order chi connectivity index (χ0) is 32.0. The second-order valence-corrected chi connectivity index (χ2v) is 12.9. The molecule has 1 saturated carbocycles. The van der Waals surface area contributed by atoms with Crippen LogP contribution in [0.2, 0.25) is 0 Å². The normalized spacial score (nSPS) is 19.0. The highest BCUT2D eigenvalue weighted by molar-refractivity contribution is 7.52. The number of carbonyl (C=O) groups is 1. The molecule has 2 aromatic heterocycles. The Labute approximate surface area is 261 Å². The van der Waals surface area contributed by atoms with Gasteiger partial charge >= 0.3 is 13.7 Å². The first kappa shape index (κ1) is 32.2. The number of benzene rings is 2. The van der Waals surface area contributed by atoms with E-state index in [9.17, 15) is 14.2 Å². The molecule has 1 radical (unpaired) electrons. The summed E-state index contributed by atoms with van der Waals surface area (Å²) in [5.74, 6) is -0.0446. The molecule has 0 amide bonds. The van der Waals surface area contributed by atoms with Gasteiger partial charge < -0.3 is 15.0 Å². The van der Waals surface area contributed by atoms with Crippen molar-refractivity contribution in [3.8, 4) is 5.75 Å². The van der Waals surface area contributed by atoms with Crippen LogP contribution < -0.4 is 20.9 Å². The second-order valence-electron chi connectivity index (χ2n) is 11.2. The Morgan fingerprint density at radius 3 is 2.56 bits per heavy atom. The molecule has 2 aromatic carbocycles. The molecular weight excluding hydrogens is 595 g/mol. The van der Waals surface area contributed by atoms with Gasteiger partial charge in [0.05, 0.1) is 13.2 Å².